The molecule has 18 heavy (non-hydrogen) atoms. The van der Waals surface area contributed by atoms with Crippen LogP contribution in [0.5, 0.6) is 5.75 Å². The van der Waals surface area contributed by atoms with E-state index in [1.165, 1.54) is 0 Å². The average Bonchev–Trinajstić information content (AvgIpc) is 2.38. The quantitative estimate of drug-likeness (QED) is 0.873. The van der Waals surface area contributed by atoms with Gasteiger partial charge in [-0.15, -0.1) is 0 Å². The van der Waals surface area contributed by atoms with Gasteiger partial charge in [0.05, 0.1) is 18.1 Å². The molecule has 1 N–H and O–H groups in total. The van der Waals surface area contributed by atoms with Crippen LogP contribution >= 0.6 is 15.9 Å². The third-order valence-corrected chi connectivity index (χ3v) is 3.34. The minimum atomic E-state index is 0.0319. The van der Waals surface area contributed by atoms with Crippen molar-refractivity contribution in [1.29, 1.82) is 0 Å². The topological polar surface area (TPSA) is 41.6 Å². The number of nitrogens with one attached hydrogen (secondary N) is 1. The fourth-order valence-corrected chi connectivity index (χ4v) is 2.22. The Balaban J connectivity index is 2.70. The van der Waals surface area contributed by atoms with Crippen molar-refractivity contribution >= 4 is 21.8 Å². The zero-order valence-electron chi connectivity index (χ0n) is 11.0. The maximum absolute atomic E-state index is 11.4. The van der Waals surface area contributed by atoms with E-state index in [2.05, 4.69) is 26.1 Å². The number of benzene rings is 1. The van der Waals surface area contributed by atoms with Crippen LogP contribution in [0.1, 0.15) is 12.5 Å². The molecule has 1 aromatic carbocycles. The number of nitrogens with zero attached hydrogens (tertiary/aromatic N) is 1. The molecule has 0 bridgehead atoms. The maximum Gasteiger partial charge on any atom is 0.233 e. The van der Waals surface area contributed by atoms with E-state index in [0.29, 0.717) is 6.54 Å². The van der Waals surface area contributed by atoms with E-state index in [9.17, 15) is 4.79 Å². The van der Waals surface area contributed by atoms with Gasteiger partial charge in [0, 0.05) is 13.6 Å². The second-order valence-corrected chi connectivity index (χ2v) is 4.80. The highest BCUT2D eigenvalue weighted by Gasteiger charge is 2.09. The molecule has 0 aliphatic carbocycles. The van der Waals surface area contributed by atoms with Crippen LogP contribution in [-0.2, 0) is 11.3 Å². The Labute approximate surface area is 116 Å². The number of hydrogen-bond acceptors (Lipinski definition) is 3. The van der Waals surface area contributed by atoms with Crippen LogP contribution in [0, 0.1) is 0 Å². The van der Waals surface area contributed by atoms with Crippen molar-refractivity contribution in [2.45, 2.75) is 13.5 Å². The smallest absolute Gasteiger partial charge is 0.233 e. The van der Waals surface area contributed by atoms with Crippen molar-refractivity contribution in [3.63, 3.8) is 0 Å². The Morgan fingerprint density at radius 1 is 1.50 bits per heavy atom. The number of ether oxygens (including phenoxy) is 1. The minimum Gasteiger partial charge on any atom is -0.496 e. The number of hydrogen-bond donors (Lipinski definition) is 1. The van der Waals surface area contributed by atoms with Crippen molar-refractivity contribution in [1.82, 2.24) is 10.2 Å². The summed E-state index contributed by atoms with van der Waals surface area (Å²) in [4.78, 5) is 13.4. The molecule has 0 spiro atoms. The zero-order valence-corrected chi connectivity index (χ0v) is 12.6. The molecule has 0 aromatic heterocycles. The molecule has 1 rings (SSSR count). The molecule has 0 radical (unpaired) electrons. The molecule has 1 amide bonds. The number of rotatable bonds is 6. The van der Waals surface area contributed by atoms with Crippen molar-refractivity contribution in [3.8, 4) is 5.75 Å². The number of amides is 1. The number of likely N-dealkylation sites (N-methyl/N-ethyl adjacent to an activating group) is 2. The first-order valence-corrected chi connectivity index (χ1v) is 6.65. The average molecular weight is 315 g/mol. The van der Waals surface area contributed by atoms with Gasteiger partial charge in [0.15, 0.2) is 0 Å². The maximum atomic E-state index is 11.4. The number of halogens is 1. The summed E-state index contributed by atoms with van der Waals surface area (Å²) in [6.45, 7) is 4.03. The largest absolute Gasteiger partial charge is 0.496 e. The van der Waals surface area contributed by atoms with E-state index in [4.69, 9.17) is 4.74 Å². The summed E-state index contributed by atoms with van der Waals surface area (Å²) in [6.07, 6.45) is 0. The van der Waals surface area contributed by atoms with Gasteiger partial charge < -0.3 is 10.1 Å². The van der Waals surface area contributed by atoms with Crippen LogP contribution in [0.15, 0.2) is 22.7 Å². The molecule has 1 aromatic rings. The Kier molecular flexibility index (Phi) is 6.15. The molecular weight excluding hydrogens is 296 g/mol. The molecular formula is C13H19BrN2O2. The highest BCUT2D eigenvalue weighted by molar-refractivity contribution is 9.10. The second kappa shape index (κ2) is 7.38. The Bertz CT molecular complexity index is 410. The van der Waals surface area contributed by atoms with E-state index >= 15 is 0 Å². The Morgan fingerprint density at radius 3 is 2.72 bits per heavy atom. The summed E-state index contributed by atoms with van der Waals surface area (Å²) in [5.41, 5.74) is 1.15. The molecule has 0 saturated carbocycles. The fraction of sp³-hybridized carbons (Fsp3) is 0.462. The molecule has 0 aliphatic rings. The molecule has 4 nitrogen and oxygen atoms in total. The highest BCUT2D eigenvalue weighted by Crippen LogP contribution is 2.25. The van der Waals surface area contributed by atoms with Crippen LogP contribution in [0.4, 0.5) is 0 Å². The van der Waals surface area contributed by atoms with Crippen molar-refractivity contribution in [2.24, 2.45) is 0 Å². The van der Waals surface area contributed by atoms with Crippen LogP contribution in [0.3, 0.4) is 0 Å². The molecule has 0 unspecified atom stereocenters. The predicted molar refractivity (Wildman–Crippen MR) is 75.7 cm³/mol. The monoisotopic (exact) mass is 314 g/mol. The second-order valence-electron chi connectivity index (χ2n) is 3.95. The normalized spacial score (nSPS) is 10.5. The molecule has 5 heteroatoms. The standard InChI is InChI=1S/C13H19BrN2O2/c1-4-16(9-13(17)15-2)8-10-5-6-12(18-3)11(14)7-10/h5-7H,4,8-9H2,1-3H3,(H,15,17). The van der Waals surface area contributed by atoms with Crippen LogP contribution < -0.4 is 10.1 Å². The third-order valence-electron chi connectivity index (χ3n) is 2.72. The molecule has 0 atom stereocenters. The first-order valence-electron chi connectivity index (χ1n) is 5.86. The van der Waals surface area contributed by atoms with E-state index in [-0.39, 0.29) is 5.91 Å². The van der Waals surface area contributed by atoms with Crippen LogP contribution in [0.2, 0.25) is 0 Å². The SMILES string of the molecule is CCN(CC(=O)NC)Cc1ccc(OC)c(Br)c1. The third kappa shape index (κ3) is 4.31. The van der Waals surface area contributed by atoms with Gasteiger partial charge in [0.1, 0.15) is 5.75 Å². The lowest BCUT2D eigenvalue weighted by molar-refractivity contribution is -0.121. The van der Waals surface area contributed by atoms with Gasteiger partial charge >= 0.3 is 0 Å². The molecule has 0 heterocycles. The lowest BCUT2D eigenvalue weighted by Crippen LogP contribution is -2.35. The molecule has 100 valence electrons. The Hall–Kier alpha value is -1.07. The summed E-state index contributed by atoms with van der Waals surface area (Å²) in [5.74, 6) is 0.845. The van der Waals surface area contributed by atoms with Crippen molar-refractivity contribution in [3.05, 3.63) is 28.2 Å². The lowest BCUT2D eigenvalue weighted by Gasteiger charge is -2.19. The minimum absolute atomic E-state index is 0.0319. The fourth-order valence-electron chi connectivity index (χ4n) is 1.63. The van der Waals surface area contributed by atoms with Gasteiger partial charge in [-0.2, -0.15) is 0 Å². The summed E-state index contributed by atoms with van der Waals surface area (Å²) < 4.78 is 6.12. The summed E-state index contributed by atoms with van der Waals surface area (Å²) in [7, 11) is 3.30. The van der Waals surface area contributed by atoms with Gasteiger partial charge in [-0.05, 0) is 40.2 Å². The van der Waals surface area contributed by atoms with Gasteiger partial charge in [-0.25, -0.2) is 0 Å². The zero-order chi connectivity index (χ0) is 13.5. The molecule has 0 saturated heterocycles. The van der Waals surface area contributed by atoms with Crippen molar-refractivity contribution < 1.29 is 9.53 Å². The Morgan fingerprint density at radius 2 is 2.22 bits per heavy atom. The van der Waals surface area contributed by atoms with Crippen LogP contribution in [0.25, 0.3) is 0 Å². The lowest BCUT2D eigenvalue weighted by atomic mass is 10.2. The first kappa shape index (κ1) is 15.0. The molecule has 0 aliphatic heterocycles. The number of carbonyl (C=O) groups excluding carboxylic acids is 1. The summed E-state index contributed by atoms with van der Waals surface area (Å²) in [6, 6.07) is 5.95. The first-order chi connectivity index (χ1) is 8.60. The van der Waals surface area contributed by atoms with Crippen molar-refractivity contribution in [2.75, 3.05) is 27.2 Å². The van der Waals surface area contributed by atoms with Crippen LogP contribution in [-0.4, -0.2) is 38.1 Å². The van der Waals surface area contributed by atoms with Gasteiger partial charge in [0.2, 0.25) is 5.91 Å². The number of methoxy groups -OCH3 is 1. The highest BCUT2D eigenvalue weighted by atomic mass is 79.9. The van der Waals surface area contributed by atoms with Gasteiger partial charge in [-0.1, -0.05) is 13.0 Å². The van der Waals surface area contributed by atoms with E-state index < -0.39 is 0 Å². The molecule has 0 fully saturated rings. The van der Waals surface area contributed by atoms with E-state index in [0.717, 1.165) is 28.9 Å². The summed E-state index contributed by atoms with van der Waals surface area (Å²) >= 11 is 3.46. The summed E-state index contributed by atoms with van der Waals surface area (Å²) in [5, 5.41) is 2.64. The van der Waals surface area contributed by atoms with E-state index in [1.807, 2.05) is 25.1 Å². The predicted octanol–water partition coefficient (Wildman–Crippen LogP) is 2.03. The van der Waals surface area contributed by atoms with Gasteiger partial charge in [0.25, 0.3) is 0 Å². The number of carbonyl (C=O) groups is 1. The van der Waals surface area contributed by atoms with E-state index in [1.54, 1.807) is 14.2 Å². The van der Waals surface area contributed by atoms with Gasteiger partial charge in [-0.3, -0.25) is 9.69 Å².